The van der Waals surface area contributed by atoms with Gasteiger partial charge >= 0.3 is 0 Å². The smallest absolute Gasteiger partial charge is 0.280 e. The van der Waals surface area contributed by atoms with Crippen molar-refractivity contribution in [2.45, 2.75) is 18.0 Å². The molecule has 2 aromatic heterocycles. The Labute approximate surface area is 103 Å². The molecule has 2 heterocycles. The van der Waals surface area contributed by atoms with Gasteiger partial charge in [-0.25, -0.2) is 18.4 Å². The van der Waals surface area contributed by atoms with E-state index >= 15 is 0 Å². The molecule has 0 saturated heterocycles. The molecule has 17 heavy (non-hydrogen) atoms. The van der Waals surface area contributed by atoms with E-state index in [1.165, 1.54) is 12.5 Å². The van der Waals surface area contributed by atoms with Crippen LogP contribution in [0.25, 0.3) is 0 Å². The van der Waals surface area contributed by atoms with E-state index in [0.29, 0.717) is 13.0 Å². The molecular weight excluding hydrogens is 264 g/mol. The van der Waals surface area contributed by atoms with Crippen LogP contribution < -0.4 is 0 Å². The Hall–Kier alpha value is -1.34. The van der Waals surface area contributed by atoms with E-state index in [1.54, 1.807) is 10.8 Å². The molecule has 8 heteroatoms. The first-order valence-corrected chi connectivity index (χ1v) is 7.20. The van der Waals surface area contributed by atoms with Crippen molar-refractivity contribution in [1.82, 2.24) is 19.1 Å². The SMILES string of the molecule is Cn1ccnc1CCn1cnc(S(=O)(=O)Cl)c1. The number of imidazole rings is 2. The molecule has 0 bridgehead atoms. The number of aryl methyl sites for hydroxylation is 3. The average Bonchev–Trinajstić information content (AvgIpc) is 2.82. The minimum absolute atomic E-state index is 0.126. The van der Waals surface area contributed by atoms with E-state index in [2.05, 4.69) is 9.97 Å². The molecule has 0 N–H and O–H groups in total. The Balaban J connectivity index is 2.06. The molecule has 0 fully saturated rings. The standard InChI is InChI=1S/C9H11ClN4O2S/c1-13-5-3-11-8(13)2-4-14-6-9(12-7-14)17(10,15)16/h3,5-7H,2,4H2,1H3. The lowest BCUT2D eigenvalue weighted by atomic mass is 10.4. The third kappa shape index (κ3) is 2.86. The monoisotopic (exact) mass is 274 g/mol. The Kier molecular flexibility index (Phi) is 3.21. The molecule has 6 nitrogen and oxygen atoms in total. The molecule has 0 radical (unpaired) electrons. The highest BCUT2D eigenvalue weighted by Gasteiger charge is 2.13. The lowest BCUT2D eigenvalue weighted by Gasteiger charge is -2.02. The molecule has 0 atom stereocenters. The number of hydrogen-bond donors (Lipinski definition) is 0. The van der Waals surface area contributed by atoms with E-state index in [-0.39, 0.29) is 5.03 Å². The van der Waals surface area contributed by atoms with Crippen molar-refractivity contribution in [3.63, 3.8) is 0 Å². The highest BCUT2D eigenvalue weighted by atomic mass is 35.7. The number of nitrogens with zero attached hydrogens (tertiary/aromatic N) is 4. The number of halogens is 1. The van der Waals surface area contributed by atoms with Gasteiger partial charge in [0.15, 0.2) is 5.03 Å². The van der Waals surface area contributed by atoms with Gasteiger partial charge in [-0.1, -0.05) is 0 Å². The van der Waals surface area contributed by atoms with Crippen LogP contribution in [0.5, 0.6) is 0 Å². The van der Waals surface area contributed by atoms with E-state index in [1.807, 2.05) is 17.8 Å². The Morgan fingerprint density at radius 1 is 1.41 bits per heavy atom. The molecule has 0 spiro atoms. The summed E-state index contributed by atoms with van der Waals surface area (Å²) in [5.41, 5.74) is 0. The van der Waals surface area contributed by atoms with Crippen molar-refractivity contribution in [2.75, 3.05) is 0 Å². The summed E-state index contributed by atoms with van der Waals surface area (Å²) in [7, 11) is 3.34. The van der Waals surface area contributed by atoms with Crippen LogP contribution in [0, 0.1) is 0 Å². The van der Waals surface area contributed by atoms with Crippen molar-refractivity contribution in [2.24, 2.45) is 7.05 Å². The molecular formula is C9H11ClN4O2S. The fraction of sp³-hybridized carbons (Fsp3) is 0.333. The third-order valence-corrected chi connectivity index (χ3v) is 3.56. The molecule has 92 valence electrons. The van der Waals surface area contributed by atoms with Crippen molar-refractivity contribution in [3.05, 3.63) is 30.7 Å². The lowest BCUT2D eigenvalue weighted by molar-refractivity contribution is 0.606. The summed E-state index contributed by atoms with van der Waals surface area (Å²) in [4.78, 5) is 7.90. The van der Waals surface area contributed by atoms with E-state index < -0.39 is 9.05 Å². The topological polar surface area (TPSA) is 69.8 Å². The first-order valence-electron chi connectivity index (χ1n) is 4.89. The largest absolute Gasteiger partial charge is 0.338 e. The summed E-state index contributed by atoms with van der Waals surface area (Å²) >= 11 is 0. The minimum Gasteiger partial charge on any atom is -0.338 e. The van der Waals surface area contributed by atoms with Gasteiger partial charge in [0.25, 0.3) is 9.05 Å². The second-order valence-electron chi connectivity index (χ2n) is 3.59. The lowest BCUT2D eigenvalue weighted by Crippen LogP contribution is -2.04. The van der Waals surface area contributed by atoms with Gasteiger partial charge in [0, 0.05) is 49.3 Å². The van der Waals surface area contributed by atoms with E-state index in [4.69, 9.17) is 10.7 Å². The zero-order chi connectivity index (χ0) is 12.5. The predicted octanol–water partition coefficient (Wildman–Crippen LogP) is 0.787. The van der Waals surface area contributed by atoms with Crippen LogP contribution in [0.4, 0.5) is 0 Å². The van der Waals surface area contributed by atoms with Gasteiger partial charge in [-0.3, -0.25) is 0 Å². The third-order valence-electron chi connectivity index (χ3n) is 2.37. The van der Waals surface area contributed by atoms with Crippen LogP contribution in [0.2, 0.25) is 0 Å². The van der Waals surface area contributed by atoms with Crippen molar-refractivity contribution in [3.8, 4) is 0 Å². The maximum Gasteiger partial charge on any atom is 0.280 e. The fourth-order valence-electron chi connectivity index (χ4n) is 1.45. The highest BCUT2D eigenvalue weighted by molar-refractivity contribution is 8.13. The molecule has 0 amide bonds. The van der Waals surface area contributed by atoms with Crippen molar-refractivity contribution < 1.29 is 8.42 Å². The quantitative estimate of drug-likeness (QED) is 0.773. The summed E-state index contributed by atoms with van der Waals surface area (Å²) in [6.45, 7) is 0.601. The van der Waals surface area contributed by atoms with Crippen molar-refractivity contribution >= 4 is 19.7 Å². The minimum atomic E-state index is -3.74. The first-order chi connectivity index (χ1) is 7.97. The Morgan fingerprint density at radius 2 is 2.18 bits per heavy atom. The highest BCUT2D eigenvalue weighted by Crippen LogP contribution is 2.11. The summed E-state index contributed by atoms with van der Waals surface area (Å²) in [6, 6.07) is 0. The van der Waals surface area contributed by atoms with Gasteiger partial charge in [-0.05, 0) is 0 Å². The molecule has 2 aromatic rings. The second kappa shape index (κ2) is 4.50. The molecule has 0 saturated carbocycles. The Bertz CT molecular complexity index is 616. The molecule has 0 unspecified atom stereocenters. The van der Waals surface area contributed by atoms with Crippen molar-refractivity contribution in [1.29, 1.82) is 0 Å². The molecule has 0 aromatic carbocycles. The predicted molar refractivity (Wildman–Crippen MR) is 62.2 cm³/mol. The summed E-state index contributed by atoms with van der Waals surface area (Å²) < 4.78 is 25.6. The zero-order valence-electron chi connectivity index (χ0n) is 9.12. The van der Waals surface area contributed by atoms with Gasteiger partial charge in [0.05, 0.1) is 6.33 Å². The molecule has 0 aliphatic carbocycles. The van der Waals surface area contributed by atoms with E-state index in [0.717, 1.165) is 5.82 Å². The fourth-order valence-corrected chi connectivity index (χ4v) is 2.13. The molecule has 2 rings (SSSR count). The molecule has 0 aliphatic heterocycles. The maximum absolute atomic E-state index is 11.0. The molecule has 0 aliphatic rings. The normalized spacial score (nSPS) is 11.9. The zero-order valence-corrected chi connectivity index (χ0v) is 10.7. The van der Waals surface area contributed by atoms with Crippen LogP contribution in [0.3, 0.4) is 0 Å². The second-order valence-corrected chi connectivity index (χ2v) is 6.10. The van der Waals surface area contributed by atoms with Gasteiger partial charge in [0.2, 0.25) is 0 Å². The number of rotatable bonds is 4. The van der Waals surface area contributed by atoms with Gasteiger partial charge < -0.3 is 9.13 Å². The van der Waals surface area contributed by atoms with Crippen LogP contribution in [-0.2, 0) is 29.1 Å². The maximum atomic E-state index is 11.0. The number of hydrogen-bond acceptors (Lipinski definition) is 4. The van der Waals surface area contributed by atoms with Crippen LogP contribution in [0.1, 0.15) is 5.82 Å². The average molecular weight is 275 g/mol. The van der Waals surface area contributed by atoms with Gasteiger partial charge in [-0.2, -0.15) is 0 Å². The van der Waals surface area contributed by atoms with Crippen LogP contribution in [-0.4, -0.2) is 27.5 Å². The van der Waals surface area contributed by atoms with Crippen LogP contribution in [0.15, 0.2) is 29.9 Å². The Morgan fingerprint density at radius 3 is 2.71 bits per heavy atom. The van der Waals surface area contributed by atoms with Crippen LogP contribution >= 0.6 is 10.7 Å². The summed E-state index contributed by atoms with van der Waals surface area (Å²) in [5, 5.41) is -0.126. The summed E-state index contributed by atoms with van der Waals surface area (Å²) in [5.74, 6) is 0.925. The van der Waals surface area contributed by atoms with E-state index in [9.17, 15) is 8.42 Å². The first kappa shape index (κ1) is 12.1. The van der Waals surface area contributed by atoms with Gasteiger partial charge in [-0.15, -0.1) is 0 Å². The van der Waals surface area contributed by atoms with Gasteiger partial charge in [0.1, 0.15) is 5.82 Å². The summed E-state index contributed by atoms with van der Waals surface area (Å²) in [6.07, 6.45) is 7.13. The number of aromatic nitrogens is 4.